The SMILES string of the molecule is Cc1ccc([N+](=O)[O-])c(NC(=O)Cn2cnc3sc4c(c3c2=O)CCC4)c1C. The summed E-state index contributed by atoms with van der Waals surface area (Å²) >= 11 is 1.54. The van der Waals surface area contributed by atoms with Gasteiger partial charge in [-0.05, 0) is 49.8 Å². The number of hydrogen-bond donors (Lipinski definition) is 1. The minimum atomic E-state index is -0.531. The summed E-state index contributed by atoms with van der Waals surface area (Å²) in [7, 11) is 0. The van der Waals surface area contributed by atoms with Gasteiger partial charge in [0.2, 0.25) is 5.91 Å². The number of aromatic nitrogens is 2. The van der Waals surface area contributed by atoms with Crippen molar-refractivity contribution in [1.82, 2.24) is 9.55 Å². The van der Waals surface area contributed by atoms with Crippen LogP contribution in [-0.4, -0.2) is 20.4 Å². The summed E-state index contributed by atoms with van der Waals surface area (Å²) in [6.07, 6.45) is 4.22. The van der Waals surface area contributed by atoms with E-state index in [0.29, 0.717) is 15.8 Å². The predicted octanol–water partition coefficient (Wildman–Crippen LogP) is 3.11. The zero-order valence-electron chi connectivity index (χ0n) is 15.4. The molecule has 4 rings (SSSR count). The molecule has 8 nitrogen and oxygen atoms in total. The first-order valence-electron chi connectivity index (χ1n) is 8.91. The lowest BCUT2D eigenvalue weighted by Gasteiger charge is -2.12. The Kier molecular flexibility index (Phi) is 4.46. The van der Waals surface area contributed by atoms with Crippen molar-refractivity contribution in [3.8, 4) is 0 Å². The average molecular weight is 398 g/mol. The summed E-state index contributed by atoms with van der Waals surface area (Å²) in [5.41, 5.74) is 2.25. The van der Waals surface area contributed by atoms with E-state index in [9.17, 15) is 19.7 Å². The quantitative estimate of drug-likeness (QED) is 0.537. The molecule has 0 atom stereocenters. The molecule has 3 aromatic rings. The van der Waals surface area contributed by atoms with E-state index in [1.165, 1.54) is 33.2 Å². The fourth-order valence-electron chi connectivity index (χ4n) is 3.58. The second kappa shape index (κ2) is 6.83. The number of carbonyl (C=O) groups excluding carboxylic acids is 1. The average Bonchev–Trinajstić information content (AvgIpc) is 3.22. The molecule has 144 valence electrons. The van der Waals surface area contributed by atoms with Gasteiger partial charge in [-0.3, -0.25) is 24.3 Å². The number of amides is 1. The first-order valence-corrected chi connectivity index (χ1v) is 9.72. The standard InChI is InChI=1S/C19H18N4O4S/c1-10-6-7-13(23(26)27)17(11(10)2)21-15(24)8-22-9-20-18-16(19(22)25)12-4-3-5-14(12)28-18/h6-7,9H,3-5,8H2,1-2H3,(H,21,24). The third-order valence-corrected chi connectivity index (χ3v) is 6.38. The van der Waals surface area contributed by atoms with E-state index in [4.69, 9.17) is 0 Å². The third-order valence-electron chi connectivity index (χ3n) is 5.18. The number of nitrogens with one attached hydrogen (secondary N) is 1. The summed E-state index contributed by atoms with van der Waals surface area (Å²) in [4.78, 5) is 42.4. The number of rotatable bonds is 4. The van der Waals surface area contributed by atoms with E-state index in [2.05, 4.69) is 10.3 Å². The Morgan fingerprint density at radius 1 is 1.36 bits per heavy atom. The van der Waals surface area contributed by atoms with E-state index < -0.39 is 10.8 Å². The molecule has 1 aliphatic rings. The van der Waals surface area contributed by atoms with E-state index >= 15 is 0 Å². The molecular weight excluding hydrogens is 380 g/mol. The highest BCUT2D eigenvalue weighted by molar-refractivity contribution is 7.18. The number of benzene rings is 1. The van der Waals surface area contributed by atoms with Crippen LogP contribution in [0.5, 0.6) is 0 Å². The van der Waals surface area contributed by atoms with Crippen LogP contribution in [0.15, 0.2) is 23.3 Å². The Labute approximate surface area is 164 Å². The van der Waals surface area contributed by atoms with Gasteiger partial charge >= 0.3 is 0 Å². The summed E-state index contributed by atoms with van der Waals surface area (Å²) in [5, 5.41) is 14.5. The van der Waals surface area contributed by atoms with E-state index in [1.54, 1.807) is 13.0 Å². The third kappa shape index (κ3) is 2.97. The van der Waals surface area contributed by atoms with Crippen molar-refractivity contribution >= 4 is 38.8 Å². The molecular formula is C19H18N4O4S. The molecule has 2 aromatic heterocycles. The van der Waals surface area contributed by atoms with Gasteiger partial charge in [-0.2, -0.15) is 0 Å². The van der Waals surface area contributed by atoms with Gasteiger partial charge in [-0.15, -0.1) is 11.3 Å². The van der Waals surface area contributed by atoms with Crippen molar-refractivity contribution in [3.63, 3.8) is 0 Å². The molecule has 28 heavy (non-hydrogen) atoms. The Bertz CT molecular complexity index is 1190. The van der Waals surface area contributed by atoms with Crippen molar-refractivity contribution in [2.24, 2.45) is 0 Å². The smallest absolute Gasteiger partial charge is 0.293 e. The molecule has 1 aliphatic carbocycles. The van der Waals surface area contributed by atoms with Gasteiger partial charge in [0.25, 0.3) is 11.2 Å². The summed E-state index contributed by atoms with van der Waals surface area (Å²) in [6, 6.07) is 3.01. The van der Waals surface area contributed by atoms with Gasteiger partial charge < -0.3 is 5.32 Å². The van der Waals surface area contributed by atoms with Gasteiger partial charge in [0, 0.05) is 10.9 Å². The molecule has 0 aliphatic heterocycles. The molecule has 1 amide bonds. The molecule has 0 spiro atoms. The Balaban J connectivity index is 1.65. The summed E-state index contributed by atoms with van der Waals surface area (Å²) < 4.78 is 1.26. The molecule has 2 heterocycles. The van der Waals surface area contributed by atoms with Crippen LogP contribution in [0.3, 0.4) is 0 Å². The lowest BCUT2D eigenvalue weighted by atomic mass is 10.1. The highest BCUT2D eigenvalue weighted by Gasteiger charge is 2.23. The number of hydrogen-bond acceptors (Lipinski definition) is 6. The van der Waals surface area contributed by atoms with Crippen LogP contribution < -0.4 is 10.9 Å². The molecule has 0 fully saturated rings. The minimum Gasteiger partial charge on any atom is -0.319 e. The lowest BCUT2D eigenvalue weighted by Crippen LogP contribution is -2.28. The largest absolute Gasteiger partial charge is 0.319 e. The van der Waals surface area contributed by atoms with Crippen molar-refractivity contribution in [2.75, 3.05) is 5.32 Å². The molecule has 0 unspecified atom stereocenters. The van der Waals surface area contributed by atoms with E-state index in [1.807, 2.05) is 6.92 Å². The lowest BCUT2D eigenvalue weighted by molar-refractivity contribution is -0.384. The molecule has 0 saturated heterocycles. The van der Waals surface area contributed by atoms with Crippen molar-refractivity contribution in [1.29, 1.82) is 0 Å². The summed E-state index contributed by atoms with van der Waals surface area (Å²) in [6.45, 7) is 3.28. The number of thiophene rings is 1. The fourth-order valence-corrected chi connectivity index (χ4v) is 4.80. The maximum Gasteiger partial charge on any atom is 0.293 e. The topological polar surface area (TPSA) is 107 Å². The highest BCUT2D eigenvalue weighted by atomic mass is 32.1. The normalized spacial score (nSPS) is 12.9. The maximum atomic E-state index is 12.9. The molecule has 1 N–H and O–H groups in total. The van der Waals surface area contributed by atoms with Crippen LogP contribution in [0.2, 0.25) is 0 Å². The second-order valence-electron chi connectivity index (χ2n) is 6.92. The number of anilines is 1. The monoisotopic (exact) mass is 398 g/mol. The van der Waals surface area contributed by atoms with Gasteiger partial charge in [0.05, 0.1) is 16.6 Å². The Morgan fingerprint density at radius 2 is 2.14 bits per heavy atom. The zero-order valence-corrected chi connectivity index (χ0v) is 16.3. The van der Waals surface area contributed by atoms with Gasteiger partial charge in [-0.1, -0.05) is 6.07 Å². The van der Waals surface area contributed by atoms with E-state index in [-0.39, 0.29) is 23.5 Å². The second-order valence-corrected chi connectivity index (χ2v) is 8.01. The Hall–Kier alpha value is -3.07. The zero-order chi connectivity index (χ0) is 20.0. The van der Waals surface area contributed by atoms with Crippen LogP contribution in [0.4, 0.5) is 11.4 Å². The van der Waals surface area contributed by atoms with Crippen LogP contribution in [0.25, 0.3) is 10.2 Å². The molecule has 0 bridgehead atoms. The Morgan fingerprint density at radius 3 is 2.89 bits per heavy atom. The number of aryl methyl sites for hydroxylation is 3. The number of nitrogens with zero attached hydrogens (tertiary/aromatic N) is 3. The van der Waals surface area contributed by atoms with Crippen molar-refractivity contribution < 1.29 is 9.72 Å². The van der Waals surface area contributed by atoms with Crippen molar-refractivity contribution in [3.05, 3.63) is 60.5 Å². The number of nitro benzene ring substituents is 1. The molecule has 0 radical (unpaired) electrons. The predicted molar refractivity (Wildman–Crippen MR) is 107 cm³/mol. The minimum absolute atomic E-state index is 0.161. The fraction of sp³-hybridized carbons (Fsp3) is 0.316. The number of fused-ring (bicyclic) bond motifs is 3. The molecule has 9 heteroatoms. The van der Waals surface area contributed by atoms with Crippen LogP contribution in [0, 0.1) is 24.0 Å². The van der Waals surface area contributed by atoms with Crippen LogP contribution in [0.1, 0.15) is 28.0 Å². The van der Waals surface area contributed by atoms with Gasteiger partial charge in [-0.25, -0.2) is 4.98 Å². The first kappa shape index (κ1) is 18.3. The van der Waals surface area contributed by atoms with Gasteiger partial charge in [0.1, 0.15) is 17.1 Å². The maximum absolute atomic E-state index is 12.9. The van der Waals surface area contributed by atoms with Crippen LogP contribution >= 0.6 is 11.3 Å². The highest BCUT2D eigenvalue weighted by Crippen LogP contribution is 2.34. The van der Waals surface area contributed by atoms with E-state index in [0.717, 1.165) is 30.4 Å². The van der Waals surface area contributed by atoms with Crippen LogP contribution in [-0.2, 0) is 24.2 Å². The first-order chi connectivity index (χ1) is 13.4. The molecule has 0 saturated carbocycles. The van der Waals surface area contributed by atoms with Crippen molar-refractivity contribution in [2.45, 2.75) is 39.7 Å². The molecule has 1 aromatic carbocycles. The number of nitro groups is 1. The summed E-state index contributed by atoms with van der Waals surface area (Å²) in [5.74, 6) is -0.507. The van der Waals surface area contributed by atoms with Gasteiger partial charge in [0.15, 0.2) is 0 Å². The number of carbonyl (C=O) groups is 1.